The van der Waals surface area contributed by atoms with Gasteiger partial charge in [0.25, 0.3) is 0 Å². The lowest BCUT2D eigenvalue weighted by atomic mass is 9.82. The van der Waals surface area contributed by atoms with Crippen LogP contribution in [0.25, 0.3) is 0 Å². The van der Waals surface area contributed by atoms with Crippen molar-refractivity contribution in [1.82, 2.24) is 0 Å². The summed E-state index contributed by atoms with van der Waals surface area (Å²) in [6.07, 6.45) is 0.269. The molecule has 0 radical (unpaired) electrons. The van der Waals surface area contributed by atoms with E-state index in [0.29, 0.717) is 0 Å². The molecular formula is C14H20O3. The summed E-state index contributed by atoms with van der Waals surface area (Å²) in [6.45, 7) is 7.81. The zero-order chi connectivity index (χ0) is 13.1. The number of ether oxygens (including phenoxy) is 1. The molecule has 3 nitrogen and oxygen atoms in total. The molecule has 0 aliphatic rings. The predicted molar refractivity (Wildman–Crippen MR) is 67.5 cm³/mol. The normalized spacial score (nSPS) is 11.6. The van der Waals surface area contributed by atoms with E-state index in [4.69, 9.17) is 9.84 Å². The van der Waals surface area contributed by atoms with Crippen molar-refractivity contribution in [3.63, 3.8) is 0 Å². The van der Waals surface area contributed by atoms with Gasteiger partial charge in [-0.15, -0.1) is 0 Å². The summed E-state index contributed by atoms with van der Waals surface area (Å²) in [4.78, 5) is 10.8. The Hall–Kier alpha value is -1.51. The van der Waals surface area contributed by atoms with Gasteiger partial charge in [0, 0.05) is 5.41 Å². The van der Waals surface area contributed by atoms with Gasteiger partial charge in [-0.2, -0.15) is 0 Å². The van der Waals surface area contributed by atoms with E-state index in [0.717, 1.165) is 11.3 Å². The average molecular weight is 236 g/mol. The van der Waals surface area contributed by atoms with Gasteiger partial charge in [0.2, 0.25) is 0 Å². The highest BCUT2D eigenvalue weighted by molar-refractivity contribution is 5.68. The number of aliphatic carboxylic acids is 1. The number of benzene rings is 1. The lowest BCUT2D eigenvalue weighted by molar-refractivity contribution is -0.138. The molecule has 3 heteroatoms. The minimum absolute atomic E-state index is 0.122. The van der Waals surface area contributed by atoms with Crippen LogP contribution in [-0.4, -0.2) is 17.2 Å². The Morgan fingerprint density at radius 3 is 2.24 bits per heavy atom. The number of carboxylic acids is 1. The van der Waals surface area contributed by atoms with Crippen molar-refractivity contribution in [3.05, 3.63) is 29.8 Å². The van der Waals surface area contributed by atoms with Crippen LogP contribution < -0.4 is 4.74 Å². The van der Waals surface area contributed by atoms with E-state index in [-0.39, 0.29) is 17.9 Å². The van der Waals surface area contributed by atoms with Crippen LogP contribution in [0.3, 0.4) is 0 Å². The van der Waals surface area contributed by atoms with Crippen LogP contribution in [0.1, 0.15) is 39.7 Å². The van der Waals surface area contributed by atoms with Crippen LogP contribution in [0.2, 0.25) is 0 Å². The fraction of sp³-hybridized carbons (Fsp3) is 0.500. The quantitative estimate of drug-likeness (QED) is 0.853. The van der Waals surface area contributed by atoms with E-state index >= 15 is 0 Å². The highest BCUT2D eigenvalue weighted by Gasteiger charge is 2.23. The molecule has 0 atom stereocenters. The largest absolute Gasteiger partial charge is 0.491 e. The summed E-state index contributed by atoms with van der Waals surface area (Å²) in [7, 11) is 0. The second kappa shape index (κ2) is 5.21. The van der Waals surface area contributed by atoms with Crippen molar-refractivity contribution in [2.45, 2.75) is 45.6 Å². The van der Waals surface area contributed by atoms with Gasteiger partial charge in [-0.1, -0.05) is 26.0 Å². The molecule has 0 aromatic heterocycles. The predicted octanol–water partition coefficient (Wildman–Crippen LogP) is 3.23. The van der Waals surface area contributed by atoms with Crippen molar-refractivity contribution in [3.8, 4) is 5.75 Å². The molecule has 0 unspecified atom stereocenters. The second-order valence-corrected chi connectivity index (χ2v) is 5.15. The average Bonchev–Trinajstić information content (AvgIpc) is 2.15. The summed E-state index contributed by atoms with van der Waals surface area (Å²) in [5.41, 5.74) is 0.651. The van der Waals surface area contributed by atoms with Crippen molar-refractivity contribution < 1.29 is 14.6 Å². The molecule has 1 aromatic carbocycles. The zero-order valence-electron chi connectivity index (χ0n) is 10.9. The Bertz CT molecular complexity index is 377. The minimum Gasteiger partial charge on any atom is -0.491 e. The van der Waals surface area contributed by atoms with Gasteiger partial charge < -0.3 is 9.84 Å². The number of carboxylic acid groups (broad SMARTS) is 1. The molecule has 94 valence electrons. The first-order chi connectivity index (χ1) is 7.81. The molecule has 0 saturated carbocycles. The van der Waals surface area contributed by atoms with Crippen molar-refractivity contribution in [2.75, 3.05) is 0 Å². The smallest absolute Gasteiger partial charge is 0.304 e. The molecule has 1 aromatic rings. The third kappa shape index (κ3) is 4.10. The molecule has 0 fully saturated rings. The summed E-state index contributed by atoms with van der Waals surface area (Å²) in [6, 6.07) is 7.64. The Morgan fingerprint density at radius 2 is 1.82 bits per heavy atom. The van der Waals surface area contributed by atoms with E-state index < -0.39 is 5.97 Å². The zero-order valence-corrected chi connectivity index (χ0v) is 10.9. The SMILES string of the molecule is CC(C)Oc1ccc(C(C)(C)CC(=O)O)cc1. The summed E-state index contributed by atoms with van der Waals surface area (Å²) >= 11 is 0. The van der Waals surface area contributed by atoms with Gasteiger partial charge >= 0.3 is 5.97 Å². The second-order valence-electron chi connectivity index (χ2n) is 5.15. The van der Waals surface area contributed by atoms with Crippen LogP contribution in [-0.2, 0) is 10.2 Å². The first-order valence-corrected chi connectivity index (χ1v) is 5.80. The highest BCUT2D eigenvalue weighted by atomic mass is 16.5. The van der Waals surface area contributed by atoms with Crippen LogP contribution in [0.4, 0.5) is 0 Å². The fourth-order valence-electron chi connectivity index (χ4n) is 1.74. The van der Waals surface area contributed by atoms with E-state index in [1.54, 1.807) is 0 Å². The first-order valence-electron chi connectivity index (χ1n) is 5.80. The van der Waals surface area contributed by atoms with E-state index in [1.807, 2.05) is 52.0 Å². The molecule has 1 rings (SSSR count). The lowest BCUT2D eigenvalue weighted by Crippen LogP contribution is -2.21. The van der Waals surface area contributed by atoms with Gasteiger partial charge in [-0.3, -0.25) is 4.79 Å². The molecule has 0 bridgehead atoms. The van der Waals surface area contributed by atoms with Gasteiger partial charge in [0.1, 0.15) is 5.75 Å². The van der Waals surface area contributed by atoms with Crippen LogP contribution >= 0.6 is 0 Å². The molecular weight excluding hydrogens is 216 g/mol. The van der Waals surface area contributed by atoms with Crippen molar-refractivity contribution >= 4 is 5.97 Å². The first kappa shape index (κ1) is 13.6. The van der Waals surface area contributed by atoms with Crippen molar-refractivity contribution in [1.29, 1.82) is 0 Å². The lowest BCUT2D eigenvalue weighted by Gasteiger charge is -2.23. The van der Waals surface area contributed by atoms with Gasteiger partial charge in [-0.05, 0) is 31.5 Å². The maximum Gasteiger partial charge on any atom is 0.304 e. The molecule has 0 saturated heterocycles. The maximum absolute atomic E-state index is 10.8. The van der Waals surface area contributed by atoms with Crippen LogP contribution in [0.15, 0.2) is 24.3 Å². The fourth-order valence-corrected chi connectivity index (χ4v) is 1.74. The molecule has 0 spiro atoms. The Balaban J connectivity index is 2.82. The van der Waals surface area contributed by atoms with Crippen LogP contribution in [0.5, 0.6) is 5.75 Å². The van der Waals surface area contributed by atoms with Gasteiger partial charge in [0.05, 0.1) is 12.5 Å². The number of carbonyl (C=O) groups is 1. The molecule has 0 amide bonds. The number of hydrogen-bond acceptors (Lipinski definition) is 2. The van der Waals surface area contributed by atoms with E-state index in [9.17, 15) is 4.79 Å². The summed E-state index contributed by atoms with van der Waals surface area (Å²) in [5, 5.41) is 8.86. The third-order valence-electron chi connectivity index (χ3n) is 2.60. The van der Waals surface area contributed by atoms with Crippen LogP contribution in [0, 0.1) is 0 Å². The summed E-state index contributed by atoms with van der Waals surface area (Å²) in [5.74, 6) is 0.0346. The van der Waals surface area contributed by atoms with E-state index in [2.05, 4.69) is 0 Å². The molecule has 0 heterocycles. The van der Waals surface area contributed by atoms with Crippen molar-refractivity contribution in [2.24, 2.45) is 0 Å². The van der Waals surface area contributed by atoms with E-state index in [1.165, 1.54) is 0 Å². The Kier molecular flexibility index (Phi) is 4.16. The minimum atomic E-state index is -0.780. The third-order valence-corrected chi connectivity index (χ3v) is 2.60. The highest BCUT2D eigenvalue weighted by Crippen LogP contribution is 2.28. The number of hydrogen-bond donors (Lipinski definition) is 1. The topological polar surface area (TPSA) is 46.5 Å². The number of rotatable bonds is 5. The standard InChI is InChI=1S/C14H20O3/c1-10(2)17-12-7-5-11(6-8-12)14(3,4)9-13(15)16/h5-8,10H,9H2,1-4H3,(H,15,16). The van der Waals surface area contributed by atoms with Gasteiger partial charge in [-0.25, -0.2) is 0 Å². The molecule has 1 N–H and O–H groups in total. The summed E-state index contributed by atoms with van der Waals surface area (Å²) < 4.78 is 5.55. The molecule has 0 aliphatic heterocycles. The van der Waals surface area contributed by atoms with Gasteiger partial charge in [0.15, 0.2) is 0 Å². The maximum atomic E-state index is 10.8. The Labute approximate surface area is 102 Å². The molecule has 17 heavy (non-hydrogen) atoms. The Morgan fingerprint density at radius 1 is 1.29 bits per heavy atom. The monoisotopic (exact) mass is 236 g/mol. The molecule has 0 aliphatic carbocycles.